The van der Waals surface area contributed by atoms with Crippen molar-refractivity contribution in [2.75, 3.05) is 4.90 Å². The van der Waals surface area contributed by atoms with Gasteiger partial charge in [-0.15, -0.1) is 34.0 Å². The van der Waals surface area contributed by atoms with E-state index in [2.05, 4.69) is 202 Å². The van der Waals surface area contributed by atoms with Crippen LogP contribution in [-0.4, -0.2) is 9.13 Å². The Hall–Kier alpha value is -6.44. The first kappa shape index (κ1) is 31.9. The van der Waals surface area contributed by atoms with Crippen LogP contribution < -0.4 is 4.90 Å². The standard InChI is InChI=1S/C50H31N3S3/c1-4-16-34(17-5-1)43-30-41-47(54-43)49-45(52(41)39-26-24-32-14-10-12-18-35(32)28-39)46-50(56-49)48-42(53(46)40-27-25-33-15-11-13-19-36(33)29-40)31-44(55-48)51(37-20-6-2-7-21-37)38-22-8-3-9-23-38/h1-31H. The summed E-state index contributed by atoms with van der Waals surface area (Å²) in [6.07, 6.45) is 0. The lowest BCUT2D eigenvalue weighted by molar-refractivity contribution is 1.16. The van der Waals surface area contributed by atoms with E-state index in [1.165, 1.54) is 89.2 Å². The van der Waals surface area contributed by atoms with Gasteiger partial charge in [-0.2, -0.15) is 0 Å². The third-order valence-electron chi connectivity index (χ3n) is 10.9. The van der Waals surface area contributed by atoms with E-state index in [4.69, 9.17) is 0 Å². The highest BCUT2D eigenvalue weighted by Crippen LogP contribution is 2.53. The molecule has 5 heterocycles. The van der Waals surface area contributed by atoms with Gasteiger partial charge in [-0.1, -0.05) is 127 Å². The van der Waals surface area contributed by atoms with Crippen molar-refractivity contribution in [3.05, 3.63) is 188 Å². The van der Waals surface area contributed by atoms with Gasteiger partial charge in [-0.25, -0.2) is 0 Å². The van der Waals surface area contributed by atoms with Crippen molar-refractivity contribution in [3.8, 4) is 21.8 Å². The van der Waals surface area contributed by atoms with E-state index < -0.39 is 0 Å². The molecular weight excluding hydrogens is 739 g/mol. The van der Waals surface area contributed by atoms with Crippen molar-refractivity contribution in [2.45, 2.75) is 0 Å². The molecule has 0 spiro atoms. The molecule has 5 aromatic heterocycles. The molecule has 0 atom stereocenters. The first-order valence-corrected chi connectivity index (χ1v) is 21.2. The number of fused-ring (bicyclic) bond motifs is 9. The van der Waals surface area contributed by atoms with Crippen LogP contribution in [0.2, 0.25) is 0 Å². The molecule has 0 amide bonds. The molecule has 0 saturated carbocycles. The Kier molecular flexibility index (Phi) is 7.14. The molecule has 0 N–H and O–H groups in total. The molecule has 7 aromatic carbocycles. The lowest BCUT2D eigenvalue weighted by Crippen LogP contribution is -2.07. The predicted octanol–water partition coefficient (Wildman–Crippen LogP) is 15.5. The first-order chi connectivity index (χ1) is 27.8. The first-order valence-electron chi connectivity index (χ1n) is 18.8. The third kappa shape index (κ3) is 4.87. The van der Waals surface area contributed by atoms with E-state index in [-0.39, 0.29) is 0 Å². The van der Waals surface area contributed by atoms with Gasteiger partial charge in [0.1, 0.15) is 5.00 Å². The number of aromatic nitrogens is 2. The normalized spacial score (nSPS) is 11.9. The minimum atomic E-state index is 1.14. The molecule has 0 radical (unpaired) electrons. The Morgan fingerprint density at radius 1 is 0.357 bits per heavy atom. The van der Waals surface area contributed by atoms with E-state index in [9.17, 15) is 0 Å². The van der Waals surface area contributed by atoms with Crippen molar-refractivity contribution in [3.63, 3.8) is 0 Å². The van der Waals surface area contributed by atoms with Crippen LogP contribution in [0.5, 0.6) is 0 Å². The van der Waals surface area contributed by atoms with Crippen molar-refractivity contribution in [2.24, 2.45) is 0 Å². The Bertz CT molecular complexity index is 3380. The van der Waals surface area contributed by atoms with Gasteiger partial charge >= 0.3 is 0 Å². The maximum Gasteiger partial charge on any atom is 0.103 e. The second-order valence-electron chi connectivity index (χ2n) is 14.2. The summed E-state index contributed by atoms with van der Waals surface area (Å²) in [5.74, 6) is 0. The second-order valence-corrected chi connectivity index (χ2v) is 17.3. The number of anilines is 3. The Morgan fingerprint density at radius 3 is 1.38 bits per heavy atom. The van der Waals surface area contributed by atoms with Crippen LogP contribution in [0, 0.1) is 0 Å². The zero-order valence-electron chi connectivity index (χ0n) is 30.0. The molecule has 0 saturated heterocycles. The highest BCUT2D eigenvalue weighted by atomic mass is 32.1. The quantitative estimate of drug-likeness (QED) is 0.164. The van der Waals surface area contributed by atoms with Gasteiger partial charge in [0, 0.05) is 27.6 Å². The number of benzene rings is 7. The summed E-state index contributed by atoms with van der Waals surface area (Å²) in [6.45, 7) is 0. The van der Waals surface area contributed by atoms with Crippen molar-refractivity contribution in [1.82, 2.24) is 9.13 Å². The van der Waals surface area contributed by atoms with Gasteiger partial charge in [0.2, 0.25) is 0 Å². The number of hydrogen-bond acceptors (Lipinski definition) is 4. The van der Waals surface area contributed by atoms with Gasteiger partial charge in [0.15, 0.2) is 0 Å². The fourth-order valence-corrected chi connectivity index (χ4v) is 12.2. The maximum absolute atomic E-state index is 2.54. The molecular formula is C50H31N3S3. The van der Waals surface area contributed by atoms with Crippen molar-refractivity contribution >= 4 is 113 Å². The number of para-hydroxylation sites is 2. The fourth-order valence-electron chi connectivity index (χ4n) is 8.37. The Balaban J connectivity index is 1.21. The molecule has 12 rings (SSSR count). The molecule has 264 valence electrons. The van der Waals surface area contributed by atoms with E-state index in [0.717, 1.165) is 11.4 Å². The summed E-state index contributed by atoms with van der Waals surface area (Å²) in [5, 5.41) is 6.14. The Morgan fingerprint density at radius 2 is 0.821 bits per heavy atom. The largest absolute Gasteiger partial charge is 0.306 e. The summed E-state index contributed by atoms with van der Waals surface area (Å²) in [4.78, 5) is 3.68. The molecule has 0 aliphatic heterocycles. The maximum atomic E-state index is 2.54. The van der Waals surface area contributed by atoms with Gasteiger partial charge in [-0.05, 0) is 87.8 Å². The van der Waals surface area contributed by atoms with Crippen LogP contribution in [0.15, 0.2) is 188 Å². The van der Waals surface area contributed by atoms with Gasteiger partial charge in [0.05, 0.1) is 40.9 Å². The van der Waals surface area contributed by atoms with E-state index in [1.807, 2.05) is 34.0 Å². The number of nitrogens with zero attached hydrogens (tertiary/aromatic N) is 3. The van der Waals surface area contributed by atoms with Crippen LogP contribution in [0.4, 0.5) is 16.4 Å². The lowest BCUT2D eigenvalue weighted by Gasteiger charge is -2.23. The number of rotatable bonds is 6. The smallest absolute Gasteiger partial charge is 0.103 e. The zero-order valence-corrected chi connectivity index (χ0v) is 32.4. The van der Waals surface area contributed by atoms with Gasteiger partial charge in [-0.3, -0.25) is 0 Å². The Labute approximate surface area is 334 Å². The predicted molar refractivity (Wildman–Crippen MR) is 244 cm³/mol. The summed E-state index contributed by atoms with van der Waals surface area (Å²) >= 11 is 5.73. The number of thiophene rings is 3. The molecule has 56 heavy (non-hydrogen) atoms. The summed E-state index contributed by atoms with van der Waals surface area (Å²) in [6, 6.07) is 68.4. The third-order valence-corrected chi connectivity index (χ3v) is 14.7. The second kappa shape index (κ2) is 12.5. The summed E-state index contributed by atoms with van der Waals surface area (Å²) < 4.78 is 10.4. The molecule has 0 aliphatic rings. The van der Waals surface area contributed by atoms with Crippen molar-refractivity contribution < 1.29 is 0 Å². The van der Waals surface area contributed by atoms with E-state index in [0.29, 0.717) is 0 Å². The average Bonchev–Trinajstić information content (AvgIpc) is 4.07. The molecule has 0 aliphatic carbocycles. The van der Waals surface area contributed by atoms with E-state index >= 15 is 0 Å². The highest BCUT2D eigenvalue weighted by molar-refractivity contribution is 7.35. The highest BCUT2D eigenvalue weighted by Gasteiger charge is 2.28. The van der Waals surface area contributed by atoms with Crippen LogP contribution >= 0.6 is 34.0 Å². The fraction of sp³-hybridized carbons (Fsp3) is 0. The summed E-state index contributed by atoms with van der Waals surface area (Å²) in [7, 11) is 0. The molecule has 0 bridgehead atoms. The minimum absolute atomic E-state index is 1.14. The molecule has 12 aromatic rings. The monoisotopic (exact) mass is 769 g/mol. The molecule has 0 unspecified atom stereocenters. The van der Waals surface area contributed by atoms with Crippen molar-refractivity contribution in [1.29, 1.82) is 0 Å². The molecule has 0 fully saturated rings. The van der Waals surface area contributed by atoms with Crippen LogP contribution in [0.1, 0.15) is 0 Å². The summed E-state index contributed by atoms with van der Waals surface area (Å²) in [5.41, 5.74) is 10.9. The van der Waals surface area contributed by atoms with Crippen LogP contribution in [0.25, 0.3) is 84.2 Å². The van der Waals surface area contributed by atoms with Gasteiger partial charge in [0.25, 0.3) is 0 Å². The zero-order chi connectivity index (χ0) is 36.7. The molecule has 6 heteroatoms. The van der Waals surface area contributed by atoms with Gasteiger partial charge < -0.3 is 14.0 Å². The van der Waals surface area contributed by atoms with E-state index in [1.54, 1.807) is 0 Å². The van der Waals surface area contributed by atoms with Crippen LogP contribution in [-0.2, 0) is 0 Å². The average molecular weight is 770 g/mol. The minimum Gasteiger partial charge on any atom is -0.306 e. The van der Waals surface area contributed by atoms with Crippen LogP contribution in [0.3, 0.4) is 0 Å². The lowest BCUT2D eigenvalue weighted by atomic mass is 10.1. The molecule has 3 nitrogen and oxygen atoms in total. The SMILES string of the molecule is c1ccc(-c2cc3c(s2)c2sc4c5sc(N(c6ccccc6)c6ccccc6)cc5n(-c5ccc6ccccc6c5)c4c2n3-c2ccc3ccccc3c2)cc1. The topological polar surface area (TPSA) is 13.1 Å². The number of hydrogen-bond donors (Lipinski definition) is 0.